The maximum atomic E-state index is 8.33. The van der Waals surface area contributed by atoms with Gasteiger partial charge < -0.3 is 5.11 Å². The van der Waals surface area contributed by atoms with Crippen molar-refractivity contribution in [1.29, 1.82) is 0 Å². The maximum absolute atomic E-state index is 8.33. The topological polar surface area (TPSA) is 20.2 Å². The van der Waals surface area contributed by atoms with Gasteiger partial charge in [0.2, 0.25) is 0 Å². The first-order valence-electron chi connectivity index (χ1n) is 2.56. The summed E-state index contributed by atoms with van der Waals surface area (Å²) in [5, 5.41) is 8.31. The van der Waals surface area contributed by atoms with Crippen LogP contribution in [0.2, 0.25) is 0 Å². The fourth-order valence-corrected chi connectivity index (χ4v) is 0.623. The SMILES string of the molecule is CCC[C@@H](Cl)CO. The van der Waals surface area contributed by atoms with Crippen molar-refractivity contribution >= 4 is 11.6 Å². The highest BCUT2D eigenvalue weighted by atomic mass is 35.5. The third kappa shape index (κ3) is 4.10. The van der Waals surface area contributed by atoms with Gasteiger partial charge in [0.25, 0.3) is 0 Å². The third-order valence-electron chi connectivity index (χ3n) is 0.800. The fourth-order valence-electron chi connectivity index (χ4n) is 0.405. The van der Waals surface area contributed by atoms with E-state index in [9.17, 15) is 0 Å². The number of hydrogen-bond donors (Lipinski definition) is 1. The molecule has 44 valence electrons. The van der Waals surface area contributed by atoms with Crippen LogP contribution in [0, 0.1) is 0 Å². The molecule has 0 bridgehead atoms. The molecule has 0 radical (unpaired) electrons. The van der Waals surface area contributed by atoms with E-state index in [0.717, 1.165) is 12.8 Å². The Hall–Kier alpha value is 0.250. The molecular weight excluding hydrogens is 112 g/mol. The van der Waals surface area contributed by atoms with Crippen LogP contribution in [-0.2, 0) is 0 Å². The second-order valence-corrected chi connectivity index (χ2v) is 2.19. The van der Waals surface area contributed by atoms with Gasteiger partial charge in [-0.05, 0) is 6.42 Å². The van der Waals surface area contributed by atoms with Crippen LogP contribution in [0.15, 0.2) is 0 Å². The van der Waals surface area contributed by atoms with Gasteiger partial charge in [0.15, 0.2) is 0 Å². The Labute approximate surface area is 49.3 Å². The third-order valence-corrected chi connectivity index (χ3v) is 1.16. The minimum Gasteiger partial charge on any atom is -0.395 e. The molecule has 0 amide bonds. The molecule has 0 aliphatic heterocycles. The molecule has 1 N–H and O–H groups in total. The number of rotatable bonds is 3. The molecule has 0 spiro atoms. The van der Waals surface area contributed by atoms with Gasteiger partial charge in [-0.1, -0.05) is 13.3 Å². The summed E-state index contributed by atoms with van der Waals surface area (Å²) in [4.78, 5) is 0. The first kappa shape index (κ1) is 7.25. The van der Waals surface area contributed by atoms with Crippen LogP contribution in [0.4, 0.5) is 0 Å². The molecule has 1 atom stereocenters. The molecule has 0 saturated heterocycles. The first-order chi connectivity index (χ1) is 3.31. The molecule has 0 aromatic carbocycles. The van der Waals surface area contributed by atoms with Crippen molar-refractivity contribution < 1.29 is 5.11 Å². The zero-order valence-electron chi connectivity index (χ0n) is 4.52. The van der Waals surface area contributed by atoms with Gasteiger partial charge in [-0.3, -0.25) is 0 Å². The predicted molar refractivity (Wildman–Crippen MR) is 31.6 cm³/mol. The lowest BCUT2D eigenvalue weighted by atomic mass is 10.3. The largest absolute Gasteiger partial charge is 0.395 e. The summed E-state index contributed by atoms with van der Waals surface area (Å²) < 4.78 is 0. The van der Waals surface area contributed by atoms with Crippen molar-refractivity contribution in [2.45, 2.75) is 25.1 Å². The van der Waals surface area contributed by atoms with Gasteiger partial charge in [-0.15, -0.1) is 11.6 Å². The van der Waals surface area contributed by atoms with E-state index in [2.05, 4.69) is 0 Å². The molecule has 0 aromatic heterocycles. The van der Waals surface area contributed by atoms with Crippen molar-refractivity contribution in [3.63, 3.8) is 0 Å². The summed E-state index contributed by atoms with van der Waals surface area (Å²) >= 11 is 5.52. The average molecular weight is 123 g/mol. The Morgan fingerprint density at radius 2 is 2.29 bits per heavy atom. The lowest BCUT2D eigenvalue weighted by molar-refractivity contribution is 0.287. The summed E-state index contributed by atoms with van der Waals surface area (Å²) in [5.41, 5.74) is 0. The van der Waals surface area contributed by atoms with Crippen molar-refractivity contribution in [3.05, 3.63) is 0 Å². The average Bonchev–Trinajstić information content (AvgIpc) is 1.68. The molecule has 0 aliphatic carbocycles. The fraction of sp³-hybridized carbons (Fsp3) is 1.00. The van der Waals surface area contributed by atoms with E-state index in [1.165, 1.54) is 0 Å². The molecule has 0 unspecified atom stereocenters. The summed E-state index contributed by atoms with van der Waals surface area (Å²) in [6.45, 7) is 2.15. The molecule has 0 rings (SSSR count). The van der Waals surface area contributed by atoms with Gasteiger partial charge in [-0.25, -0.2) is 0 Å². The zero-order valence-corrected chi connectivity index (χ0v) is 5.28. The normalized spacial score (nSPS) is 14.1. The highest BCUT2D eigenvalue weighted by Crippen LogP contribution is 2.01. The Morgan fingerprint density at radius 1 is 1.71 bits per heavy atom. The van der Waals surface area contributed by atoms with Crippen molar-refractivity contribution in [2.24, 2.45) is 0 Å². The van der Waals surface area contributed by atoms with Crippen molar-refractivity contribution in [2.75, 3.05) is 6.61 Å². The molecule has 0 aromatic rings. The second-order valence-electron chi connectivity index (χ2n) is 1.57. The minimum absolute atomic E-state index is 0.0231. The van der Waals surface area contributed by atoms with E-state index in [1.54, 1.807) is 0 Å². The predicted octanol–water partition coefficient (Wildman–Crippen LogP) is 1.39. The van der Waals surface area contributed by atoms with Gasteiger partial charge >= 0.3 is 0 Å². The Balaban J connectivity index is 2.83. The standard InChI is InChI=1S/C5H11ClO/c1-2-3-5(6)4-7/h5,7H,2-4H2,1H3/t5-/m1/s1. The summed E-state index contributed by atoms with van der Waals surface area (Å²) in [6, 6.07) is 0. The van der Waals surface area contributed by atoms with Crippen molar-refractivity contribution in [1.82, 2.24) is 0 Å². The highest BCUT2D eigenvalue weighted by Gasteiger charge is 1.96. The van der Waals surface area contributed by atoms with E-state index >= 15 is 0 Å². The Bertz CT molecular complexity index is 39.1. The lowest BCUT2D eigenvalue weighted by Crippen LogP contribution is -2.02. The number of alkyl halides is 1. The maximum Gasteiger partial charge on any atom is 0.0595 e. The molecule has 7 heavy (non-hydrogen) atoms. The number of halogens is 1. The monoisotopic (exact) mass is 122 g/mol. The van der Waals surface area contributed by atoms with Crippen LogP contribution in [0.1, 0.15) is 19.8 Å². The summed E-state index contributed by atoms with van der Waals surface area (Å²) in [5.74, 6) is 0. The van der Waals surface area contributed by atoms with E-state index in [1.807, 2.05) is 6.92 Å². The number of hydrogen-bond acceptors (Lipinski definition) is 1. The van der Waals surface area contributed by atoms with Crippen LogP contribution in [0.25, 0.3) is 0 Å². The van der Waals surface area contributed by atoms with E-state index in [0.29, 0.717) is 0 Å². The summed E-state index contributed by atoms with van der Waals surface area (Å²) in [7, 11) is 0. The zero-order chi connectivity index (χ0) is 5.70. The van der Waals surface area contributed by atoms with Gasteiger partial charge in [0, 0.05) is 0 Å². The van der Waals surface area contributed by atoms with Gasteiger partial charge in [0.05, 0.1) is 12.0 Å². The van der Waals surface area contributed by atoms with Gasteiger partial charge in [-0.2, -0.15) is 0 Å². The minimum atomic E-state index is -0.0231. The molecule has 0 saturated carbocycles. The molecule has 0 heterocycles. The van der Waals surface area contributed by atoms with Crippen LogP contribution in [0.5, 0.6) is 0 Å². The molecule has 0 fully saturated rings. The molecule has 1 nitrogen and oxygen atoms in total. The highest BCUT2D eigenvalue weighted by molar-refractivity contribution is 6.20. The van der Waals surface area contributed by atoms with E-state index in [4.69, 9.17) is 16.7 Å². The molecule has 2 heteroatoms. The van der Waals surface area contributed by atoms with Crippen LogP contribution in [0.3, 0.4) is 0 Å². The smallest absolute Gasteiger partial charge is 0.0595 e. The molecular formula is C5H11ClO. The molecule has 0 aliphatic rings. The lowest BCUT2D eigenvalue weighted by Gasteiger charge is -1.99. The van der Waals surface area contributed by atoms with Crippen LogP contribution in [-0.4, -0.2) is 17.1 Å². The summed E-state index contributed by atoms with van der Waals surface area (Å²) in [6.07, 6.45) is 1.97. The van der Waals surface area contributed by atoms with Crippen LogP contribution >= 0.6 is 11.6 Å². The second kappa shape index (κ2) is 4.41. The van der Waals surface area contributed by atoms with E-state index in [-0.39, 0.29) is 12.0 Å². The number of aliphatic hydroxyl groups excluding tert-OH is 1. The quantitative estimate of drug-likeness (QED) is 0.561. The number of aliphatic hydroxyl groups is 1. The van der Waals surface area contributed by atoms with Crippen LogP contribution < -0.4 is 0 Å². The van der Waals surface area contributed by atoms with E-state index < -0.39 is 0 Å². The first-order valence-corrected chi connectivity index (χ1v) is 2.99. The Morgan fingerprint density at radius 3 is 2.43 bits per heavy atom. The van der Waals surface area contributed by atoms with Crippen molar-refractivity contribution in [3.8, 4) is 0 Å². The van der Waals surface area contributed by atoms with Gasteiger partial charge in [0.1, 0.15) is 0 Å². The Kier molecular flexibility index (Phi) is 4.57.